The van der Waals surface area contributed by atoms with Gasteiger partial charge in [-0.05, 0) is 31.5 Å². The van der Waals surface area contributed by atoms with Gasteiger partial charge in [-0.1, -0.05) is 6.92 Å². The van der Waals surface area contributed by atoms with Gasteiger partial charge < -0.3 is 20.1 Å². The first-order valence-corrected chi connectivity index (χ1v) is 6.30. The van der Waals surface area contributed by atoms with Crippen LogP contribution in [0.25, 0.3) is 0 Å². The Kier molecular flexibility index (Phi) is 12.4. The molecule has 16 heavy (non-hydrogen) atoms. The summed E-state index contributed by atoms with van der Waals surface area (Å²) in [6.45, 7) is 6.10. The number of nitrogens with one attached hydrogen (secondary N) is 2. The van der Waals surface area contributed by atoms with E-state index < -0.39 is 0 Å². The van der Waals surface area contributed by atoms with Crippen molar-refractivity contribution < 1.29 is 9.47 Å². The Morgan fingerprint density at radius 1 is 1.06 bits per heavy atom. The first kappa shape index (κ1) is 15.6. The molecule has 0 aliphatic rings. The molecule has 0 saturated carbocycles. The molecule has 4 nitrogen and oxygen atoms in total. The molecule has 0 spiro atoms. The lowest BCUT2D eigenvalue weighted by molar-refractivity contribution is 0.0689. The summed E-state index contributed by atoms with van der Waals surface area (Å²) in [5.74, 6) is 0. The van der Waals surface area contributed by atoms with Crippen molar-refractivity contribution in [2.24, 2.45) is 0 Å². The van der Waals surface area contributed by atoms with Crippen molar-refractivity contribution >= 4 is 17.3 Å². The van der Waals surface area contributed by atoms with E-state index in [1.54, 1.807) is 7.11 Å². The van der Waals surface area contributed by atoms with Crippen LogP contribution in [0.4, 0.5) is 0 Å². The van der Waals surface area contributed by atoms with E-state index >= 15 is 0 Å². The Balaban J connectivity index is 3.05. The average molecular weight is 248 g/mol. The van der Waals surface area contributed by atoms with Crippen molar-refractivity contribution in [3.8, 4) is 0 Å². The minimum Gasteiger partial charge on any atom is -0.382 e. The normalized spacial score (nSPS) is 10.1. The maximum absolute atomic E-state index is 5.34. The molecule has 0 heterocycles. The number of thiocarbonyl (C=S) groups is 1. The number of ether oxygens (including phenoxy) is 2. The molecule has 0 bridgehead atoms. The molecule has 0 aromatic carbocycles. The molecule has 0 amide bonds. The van der Waals surface area contributed by atoms with Gasteiger partial charge in [0.05, 0.1) is 13.2 Å². The van der Waals surface area contributed by atoms with E-state index in [1.807, 2.05) is 0 Å². The van der Waals surface area contributed by atoms with Gasteiger partial charge in [0, 0.05) is 26.8 Å². The molecule has 0 unspecified atom stereocenters. The van der Waals surface area contributed by atoms with Crippen molar-refractivity contribution in [1.29, 1.82) is 0 Å². The molecule has 0 aliphatic carbocycles. The van der Waals surface area contributed by atoms with Crippen LogP contribution in [0.1, 0.15) is 26.2 Å². The number of unbranched alkanes of at least 4 members (excludes halogenated alkanes) is 1. The third-order valence-electron chi connectivity index (χ3n) is 1.97. The summed E-state index contributed by atoms with van der Waals surface area (Å²) >= 11 is 5.08. The molecular formula is C11H24N2O2S. The van der Waals surface area contributed by atoms with Crippen molar-refractivity contribution in [1.82, 2.24) is 10.6 Å². The van der Waals surface area contributed by atoms with Crippen LogP contribution in [-0.2, 0) is 9.47 Å². The molecule has 0 fully saturated rings. The summed E-state index contributed by atoms with van der Waals surface area (Å²) < 4.78 is 10.2. The summed E-state index contributed by atoms with van der Waals surface area (Å²) in [4.78, 5) is 0. The molecule has 96 valence electrons. The van der Waals surface area contributed by atoms with Crippen LogP contribution in [0, 0.1) is 0 Å². The van der Waals surface area contributed by atoms with Crippen LogP contribution in [0.2, 0.25) is 0 Å². The van der Waals surface area contributed by atoms with Crippen molar-refractivity contribution in [2.75, 3.05) is 40.0 Å². The lowest BCUT2D eigenvalue weighted by Crippen LogP contribution is -2.36. The minimum absolute atomic E-state index is 0.670. The maximum atomic E-state index is 5.34. The van der Waals surface area contributed by atoms with Gasteiger partial charge in [-0.2, -0.15) is 0 Å². The van der Waals surface area contributed by atoms with Gasteiger partial charge in [0.1, 0.15) is 0 Å². The van der Waals surface area contributed by atoms with E-state index in [-0.39, 0.29) is 0 Å². The van der Waals surface area contributed by atoms with Crippen LogP contribution in [0.15, 0.2) is 0 Å². The first-order chi connectivity index (χ1) is 7.81. The van der Waals surface area contributed by atoms with Gasteiger partial charge in [0.25, 0.3) is 0 Å². The molecule has 0 aromatic rings. The molecule has 0 atom stereocenters. The van der Waals surface area contributed by atoms with Crippen LogP contribution in [-0.4, -0.2) is 45.1 Å². The maximum Gasteiger partial charge on any atom is 0.166 e. The Hall–Kier alpha value is -0.390. The SMILES string of the molecule is CCCNC(=S)NCCCCOCCOC. The predicted octanol–water partition coefficient (Wildman–Crippen LogP) is 1.30. The molecule has 0 saturated heterocycles. The molecule has 2 N–H and O–H groups in total. The highest BCUT2D eigenvalue weighted by Crippen LogP contribution is 1.88. The Labute approximate surface area is 104 Å². The summed E-state index contributed by atoms with van der Waals surface area (Å²) in [6, 6.07) is 0. The van der Waals surface area contributed by atoms with E-state index in [0.717, 1.165) is 44.1 Å². The Morgan fingerprint density at radius 2 is 1.81 bits per heavy atom. The smallest absolute Gasteiger partial charge is 0.166 e. The fraction of sp³-hybridized carbons (Fsp3) is 0.909. The summed E-state index contributed by atoms with van der Waals surface area (Å²) in [5.41, 5.74) is 0. The van der Waals surface area contributed by atoms with Crippen molar-refractivity contribution in [3.63, 3.8) is 0 Å². The highest BCUT2D eigenvalue weighted by atomic mass is 32.1. The standard InChI is InChI=1S/C11H24N2O2S/c1-3-6-12-11(16)13-7-4-5-8-15-10-9-14-2/h3-10H2,1-2H3,(H2,12,13,16). The van der Waals surface area contributed by atoms with E-state index in [9.17, 15) is 0 Å². The second-order valence-electron chi connectivity index (χ2n) is 3.49. The van der Waals surface area contributed by atoms with E-state index in [1.165, 1.54) is 0 Å². The van der Waals surface area contributed by atoms with Crippen molar-refractivity contribution in [3.05, 3.63) is 0 Å². The van der Waals surface area contributed by atoms with E-state index in [4.69, 9.17) is 21.7 Å². The third kappa shape index (κ3) is 11.7. The molecule has 5 heteroatoms. The van der Waals surface area contributed by atoms with Crippen molar-refractivity contribution in [2.45, 2.75) is 26.2 Å². The third-order valence-corrected chi connectivity index (χ3v) is 2.26. The van der Waals surface area contributed by atoms with Gasteiger partial charge in [0.2, 0.25) is 0 Å². The number of methoxy groups -OCH3 is 1. The van der Waals surface area contributed by atoms with Crippen LogP contribution in [0.3, 0.4) is 0 Å². The zero-order valence-corrected chi connectivity index (χ0v) is 11.2. The fourth-order valence-corrected chi connectivity index (χ4v) is 1.28. The highest BCUT2D eigenvalue weighted by Gasteiger charge is 1.93. The fourth-order valence-electron chi connectivity index (χ4n) is 1.08. The second kappa shape index (κ2) is 12.7. The lowest BCUT2D eigenvalue weighted by atomic mass is 10.3. The van der Waals surface area contributed by atoms with Crippen LogP contribution >= 0.6 is 12.2 Å². The second-order valence-corrected chi connectivity index (χ2v) is 3.90. The van der Waals surface area contributed by atoms with Gasteiger partial charge in [-0.15, -0.1) is 0 Å². The molecular weight excluding hydrogens is 224 g/mol. The zero-order valence-electron chi connectivity index (χ0n) is 10.4. The molecule has 0 radical (unpaired) electrons. The topological polar surface area (TPSA) is 42.5 Å². The molecule has 0 aromatic heterocycles. The Morgan fingerprint density at radius 3 is 2.50 bits per heavy atom. The quantitative estimate of drug-likeness (QED) is 0.451. The van der Waals surface area contributed by atoms with E-state index in [2.05, 4.69) is 17.6 Å². The van der Waals surface area contributed by atoms with E-state index in [0.29, 0.717) is 13.2 Å². The van der Waals surface area contributed by atoms with Gasteiger partial charge >= 0.3 is 0 Å². The highest BCUT2D eigenvalue weighted by molar-refractivity contribution is 7.80. The largest absolute Gasteiger partial charge is 0.382 e. The zero-order chi connectivity index (χ0) is 12.1. The van der Waals surface area contributed by atoms with Crippen LogP contribution < -0.4 is 10.6 Å². The number of rotatable bonds is 10. The van der Waals surface area contributed by atoms with Crippen LogP contribution in [0.5, 0.6) is 0 Å². The number of hydrogen-bond acceptors (Lipinski definition) is 3. The molecule has 0 aliphatic heterocycles. The van der Waals surface area contributed by atoms with Gasteiger partial charge in [0.15, 0.2) is 5.11 Å². The molecule has 0 rings (SSSR count). The summed E-state index contributed by atoms with van der Waals surface area (Å²) in [7, 11) is 1.68. The monoisotopic (exact) mass is 248 g/mol. The minimum atomic E-state index is 0.670. The number of hydrogen-bond donors (Lipinski definition) is 2. The Bertz CT molecular complexity index is 168. The van der Waals surface area contributed by atoms with Gasteiger partial charge in [-0.3, -0.25) is 0 Å². The summed E-state index contributed by atoms with van der Waals surface area (Å²) in [5, 5.41) is 7.04. The first-order valence-electron chi connectivity index (χ1n) is 5.89. The average Bonchev–Trinajstić information content (AvgIpc) is 2.30. The lowest BCUT2D eigenvalue weighted by Gasteiger charge is -2.09. The van der Waals surface area contributed by atoms with Gasteiger partial charge in [-0.25, -0.2) is 0 Å². The predicted molar refractivity (Wildman–Crippen MR) is 70.8 cm³/mol. The summed E-state index contributed by atoms with van der Waals surface area (Å²) in [6.07, 6.45) is 3.21.